The third-order valence-corrected chi connectivity index (χ3v) is 2.50. The molecular weight excluding hydrogens is 204 g/mol. The third-order valence-electron chi connectivity index (χ3n) is 2.50. The van der Waals surface area contributed by atoms with Gasteiger partial charge in [-0.25, -0.2) is 0 Å². The Bertz CT molecular complexity index is 139. The third kappa shape index (κ3) is 9.13. The lowest BCUT2D eigenvalue weighted by atomic mass is 10.1. The zero-order valence-corrected chi connectivity index (χ0v) is 11.1. The lowest BCUT2D eigenvalue weighted by Crippen LogP contribution is -2.24. The average Bonchev–Trinajstić information content (AvgIpc) is 2.26. The molecule has 2 unspecified atom stereocenters. The van der Waals surface area contributed by atoms with Crippen molar-refractivity contribution >= 4 is 0 Å². The normalized spacial score (nSPS) is 15.0. The minimum Gasteiger partial charge on any atom is -0.394 e. The molecule has 0 fully saturated rings. The van der Waals surface area contributed by atoms with Crippen molar-refractivity contribution in [2.45, 2.75) is 65.1 Å². The Morgan fingerprint density at radius 3 is 2.44 bits per heavy atom. The molecule has 0 aromatic rings. The van der Waals surface area contributed by atoms with E-state index in [2.05, 4.69) is 13.8 Å². The van der Waals surface area contributed by atoms with Crippen molar-refractivity contribution in [3.63, 3.8) is 0 Å². The zero-order valence-electron chi connectivity index (χ0n) is 11.1. The zero-order chi connectivity index (χ0) is 12.2. The number of ether oxygens (including phenoxy) is 2. The smallest absolute Gasteiger partial charge is 0.0784 e. The van der Waals surface area contributed by atoms with E-state index >= 15 is 0 Å². The number of aliphatic hydroxyl groups excluding tert-OH is 1. The Balaban J connectivity index is 3.68. The second-order valence-electron chi connectivity index (χ2n) is 4.30. The molecule has 98 valence electrons. The molecule has 3 nitrogen and oxygen atoms in total. The van der Waals surface area contributed by atoms with E-state index in [4.69, 9.17) is 14.6 Å². The van der Waals surface area contributed by atoms with Crippen LogP contribution in [-0.4, -0.2) is 37.1 Å². The predicted molar refractivity (Wildman–Crippen MR) is 66.7 cm³/mol. The molecule has 0 saturated carbocycles. The van der Waals surface area contributed by atoms with Crippen LogP contribution in [0.5, 0.6) is 0 Å². The van der Waals surface area contributed by atoms with Gasteiger partial charge in [-0.05, 0) is 19.8 Å². The summed E-state index contributed by atoms with van der Waals surface area (Å²) in [5.74, 6) is 0. The standard InChI is InChI=1S/C13H28O3/c1-4-6-8-13(7-5-2)16-12(3)11-15-10-9-14/h12-14H,4-11H2,1-3H3. The number of hydrogen-bond donors (Lipinski definition) is 1. The predicted octanol–water partition coefficient (Wildman–Crippen LogP) is 2.76. The van der Waals surface area contributed by atoms with Crippen LogP contribution in [0.4, 0.5) is 0 Å². The van der Waals surface area contributed by atoms with Crippen molar-refractivity contribution in [1.29, 1.82) is 0 Å². The molecule has 0 aromatic heterocycles. The highest BCUT2D eigenvalue weighted by Crippen LogP contribution is 2.13. The van der Waals surface area contributed by atoms with Crippen molar-refractivity contribution in [1.82, 2.24) is 0 Å². The highest BCUT2D eigenvalue weighted by atomic mass is 16.5. The van der Waals surface area contributed by atoms with E-state index in [0.717, 1.165) is 12.8 Å². The molecule has 16 heavy (non-hydrogen) atoms. The summed E-state index contributed by atoms with van der Waals surface area (Å²) in [6.07, 6.45) is 6.39. The van der Waals surface area contributed by atoms with Crippen LogP contribution in [0.3, 0.4) is 0 Å². The summed E-state index contributed by atoms with van der Waals surface area (Å²) in [4.78, 5) is 0. The first kappa shape index (κ1) is 15.9. The van der Waals surface area contributed by atoms with Crippen LogP contribution in [0.1, 0.15) is 52.9 Å². The Kier molecular flexibility index (Phi) is 11.3. The summed E-state index contributed by atoms with van der Waals surface area (Å²) in [5, 5.41) is 8.60. The fraction of sp³-hybridized carbons (Fsp3) is 1.00. The first-order chi connectivity index (χ1) is 7.74. The van der Waals surface area contributed by atoms with E-state index in [1.165, 1.54) is 19.3 Å². The number of unbranched alkanes of at least 4 members (excludes halogenated alkanes) is 1. The van der Waals surface area contributed by atoms with Gasteiger partial charge in [0.05, 0.1) is 32.0 Å². The SMILES string of the molecule is CCCCC(CCC)OC(C)COCCO. The molecule has 0 bridgehead atoms. The van der Waals surface area contributed by atoms with Crippen LogP contribution in [0.15, 0.2) is 0 Å². The monoisotopic (exact) mass is 232 g/mol. The lowest BCUT2D eigenvalue weighted by Gasteiger charge is -2.22. The van der Waals surface area contributed by atoms with Crippen LogP contribution < -0.4 is 0 Å². The van der Waals surface area contributed by atoms with Gasteiger partial charge in [-0.2, -0.15) is 0 Å². The van der Waals surface area contributed by atoms with Crippen LogP contribution in [0.2, 0.25) is 0 Å². The first-order valence-corrected chi connectivity index (χ1v) is 6.58. The Morgan fingerprint density at radius 2 is 1.88 bits per heavy atom. The van der Waals surface area contributed by atoms with Gasteiger partial charge in [-0.1, -0.05) is 33.1 Å². The number of aliphatic hydroxyl groups is 1. The number of hydrogen-bond acceptors (Lipinski definition) is 3. The molecule has 0 aliphatic carbocycles. The van der Waals surface area contributed by atoms with Crippen molar-refractivity contribution in [3.8, 4) is 0 Å². The summed E-state index contributed by atoms with van der Waals surface area (Å²) in [6, 6.07) is 0. The van der Waals surface area contributed by atoms with Crippen molar-refractivity contribution in [3.05, 3.63) is 0 Å². The maximum absolute atomic E-state index is 8.60. The van der Waals surface area contributed by atoms with Crippen molar-refractivity contribution < 1.29 is 14.6 Å². The second-order valence-corrected chi connectivity index (χ2v) is 4.30. The Labute approximate surface area is 100 Å². The van der Waals surface area contributed by atoms with Gasteiger partial charge in [0.15, 0.2) is 0 Å². The largest absolute Gasteiger partial charge is 0.394 e. The highest BCUT2D eigenvalue weighted by Gasteiger charge is 2.12. The van der Waals surface area contributed by atoms with E-state index in [1.807, 2.05) is 6.92 Å². The van der Waals surface area contributed by atoms with E-state index in [-0.39, 0.29) is 12.7 Å². The van der Waals surface area contributed by atoms with Gasteiger partial charge in [-0.3, -0.25) is 0 Å². The summed E-state index contributed by atoms with van der Waals surface area (Å²) in [5.41, 5.74) is 0. The fourth-order valence-corrected chi connectivity index (χ4v) is 1.72. The molecular formula is C13H28O3. The molecule has 0 saturated heterocycles. The molecule has 0 aromatic carbocycles. The first-order valence-electron chi connectivity index (χ1n) is 6.58. The Morgan fingerprint density at radius 1 is 1.12 bits per heavy atom. The molecule has 0 amide bonds. The Hall–Kier alpha value is -0.120. The van der Waals surface area contributed by atoms with Gasteiger partial charge in [0.2, 0.25) is 0 Å². The topological polar surface area (TPSA) is 38.7 Å². The summed E-state index contributed by atoms with van der Waals surface area (Å²) >= 11 is 0. The molecule has 0 aliphatic rings. The van der Waals surface area contributed by atoms with Gasteiger partial charge in [0.1, 0.15) is 0 Å². The summed E-state index contributed by atoms with van der Waals surface area (Å²) in [6.45, 7) is 7.49. The van der Waals surface area contributed by atoms with E-state index in [9.17, 15) is 0 Å². The van der Waals surface area contributed by atoms with Gasteiger partial charge < -0.3 is 14.6 Å². The van der Waals surface area contributed by atoms with E-state index in [0.29, 0.717) is 19.3 Å². The van der Waals surface area contributed by atoms with Crippen LogP contribution in [-0.2, 0) is 9.47 Å². The molecule has 0 rings (SSSR count). The van der Waals surface area contributed by atoms with Crippen LogP contribution in [0, 0.1) is 0 Å². The second kappa shape index (κ2) is 11.4. The molecule has 3 heteroatoms. The molecule has 0 aliphatic heterocycles. The van der Waals surface area contributed by atoms with Crippen molar-refractivity contribution in [2.75, 3.05) is 19.8 Å². The maximum atomic E-state index is 8.60. The van der Waals surface area contributed by atoms with Crippen molar-refractivity contribution in [2.24, 2.45) is 0 Å². The maximum Gasteiger partial charge on any atom is 0.0784 e. The lowest BCUT2D eigenvalue weighted by molar-refractivity contribution is -0.0581. The molecule has 0 spiro atoms. The minimum atomic E-state index is 0.0843. The average molecular weight is 232 g/mol. The van der Waals surface area contributed by atoms with Gasteiger partial charge in [0.25, 0.3) is 0 Å². The minimum absolute atomic E-state index is 0.0843. The summed E-state index contributed by atoms with van der Waals surface area (Å²) in [7, 11) is 0. The number of rotatable bonds is 11. The molecule has 0 radical (unpaired) electrons. The van der Waals surface area contributed by atoms with Gasteiger partial charge in [0, 0.05) is 0 Å². The molecule has 1 N–H and O–H groups in total. The molecule has 0 heterocycles. The fourth-order valence-electron chi connectivity index (χ4n) is 1.72. The van der Waals surface area contributed by atoms with Gasteiger partial charge in [-0.15, -0.1) is 0 Å². The van der Waals surface area contributed by atoms with E-state index < -0.39 is 0 Å². The molecule has 2 atom stereocenters. The highest BCUT2D eigenvalue weighted by molar-refractivity contribution is 4.60. The van der Waals surface area contributed by atoms with Gasteiger partial charge >= 0.3 is 0 Å². The summed E-state index contributed by atoms with van der Waals surface area (Å²) < 4.78 is 11.2. The van der Waals surface area contributed by atoms with Crippen LogP contribution >= 0.6 is 0 Å². The quantitative estimate of drug-likeness (QED) is 0.557. The van der Waals surface area contributed by atoms with Crippen LogP contribution in [0.25, 0.3) is 0 Å². The van der Waals surface area contributed by atoms with E-state index in [1.54, 1.807) is 0 Å².